The molecule has 7 nitrogen and oxygen atoms in total. The van der Waals surface area contributed by atoms with Gasteiger partial charge in [-0.15, -0.1) is 0 Å². The lowest BCUT2D eigenvalue weighted by atomic mass is 10.1. The quantitative estimate of drug-likeness (QED) is 0.488. The fourth-order valence-electron chi connectivity index (χ4n) is 1.19. The molecule has 1 N–H and O–H groups in total. The summed E-state index contributed by atoms with van der Waals surface area (Å²) in [4.78, 5) is 33.2. The van der Waals surface area contributed by atoms with E-state index in [4.69, 9.17) is 0 Å². The van der Waals surface area contributed by atoms with E-state index >= 15 is 0 Å². The van der Waals surface area contributed by atoms with E-state index in [0.29, 0.717) is 6.07 Å². The van der Waals surface area contributed by atoms with E-state index in [-0.39, 0.29) is 0 Å². The molecule has 1 rings (SSSR count). The van der Waals surface area contributed by atoms with Crippen LogP contribution in [0.2, 0.25) is 0 Å². The first kappa shape index (κ1) is 12.7. The number of nitrogens with zero attached hydrogens (tertiary/aromatic N) is 1. The van der Waals surface area contributed by atoms with E-state index in [1.807, 2.05) is 0 Å². The Balaban J connectivity index is 3.63. The van der Waals surface area contributed by atoms with E-state index in [1.165, 1.54) is 0 Å². The van der Waals surface area contributed by atoms with Crippen LogP contribution in [0.3, 0.4) is 0 Å². The highest BCUT2D eigenvalue weighted by Crippen LogP contribution is 2.29. The Morgan fingerprint density at radius 1 is 1.59 bits per heavy atom. The maximum absolute atomic E-state index is 12.6. The van der Waals surface area contributed by atoms with Crippen LogP contribution in [-0.2, 0) is 4.74 Å². The highest BCUT2D eigenvalue weighted by Gasteiger charge is 2.30. The van der Waals surface area contributed by atoms with Crippen LogP contribution in [0.1, 0.15) is 22.5 Å². The second kappa shape index (κ2) is 4.68. The van der Waals surface area contributed by atoms with Gasteiger partial charge in [0.2, 0.25) is 0 Å². The molecule has 1 heterocycles. The first-order chi connectivity index (χ1) is 7.88. The number of methoxy groups -OCH3 is 1. The lowest BCUT2D eigenvalue weighted by Crippen LogP contribution is -2.18. The number of H-pyrrole nitrogens is 1. The molecule has 0 amide bonds. The monoisotopic (exact) mass is 248 g/mol. The summed E-state index contributed by atoms with van der Waals surface area (Å²) in [6, 6.07) is 0.383. The van der Waals surface area contributed by atoms with Gasteiger partial charge in [-0.25, -0.2) is 13.6 Å². The lowest BCUT2D eigenvalue weighted by Gasteiger charge is -2.06. The minimum atomic E-state index is -3.29. The molecule has 0 saturated carbocycles. The second-order valence-electron chi connectivity index (χ2n) is 2.86. The summed E-state index contributed by atoms with van der Waals surface area (Å²) < 4.78 is 29.4. The summed E-state index contributed by atoms with van der Waals surface area (Å²) in [7, 11) is 0.898. The van der Waals surface area contributed by atoms with E-state index < -0.39 is 39.8 Å². The predicted octanol–water partition coefficient (Wildman–Crippen LogP) is 1.01. The van der Waals surface area contributed by atoms with E-state index in [2.05, 4.69) is 4.74 Å². The number of nitrogens with one attached hydrogen (secondary N) is 1. The van der Waals surface area contributed by atoms with Crippen molar-refractivity contribution in [2.75, 3.05) is 7.11 Å². The molecule has 0 radical (unpaired) electrons. The maximum Gasteiger partial charge on any atom is 0.355 e. The van der Waals surface area contributed by atoms with Gasteiger partial charge < -0.3 is 9.72 Å². The highest BCUT2D eigenvalue weighted by atomic mass is 19.3. The molecule has 0 aliphatic heterocycles. The summed E-state index contributed by atoms with van der Waals surface area (Å²) in [5.41, 5.74) is -4.24. The van der Waals surface area contributed by atoms with E-state index in [1.54, 1.807) is 4.98 Å². The van der Waals surface area contributed by atoms with Gasteiger partial charge in [-0.2, -0.15) is 0 Å². The summed E-state index contributed by atoms with van der Waals surface area (Å²) in [5.74, 6) is -1.28. The Morgan fingerprint density at radius 3 is 2.59 bits per heavy atom. The molecule has 9 heteroatoms. The maximum atomic E-state index is 12.6. The number of rotatable bonds is 3. The molecule has 0 aromatic carbocycles. The van der Waals surface area contributed by atoms with Crippen LogP contribution in [0.4, 0.5) is 14.5 Å². The summed E-state index contributed by atoms with van der Waals surface area (Å²) in [6.45, 7) is 0. The molecule has 0 saturated heterocycles. The Kier molecular flexibility index (Phi) is 3.51. The number of hydrogen-bond acceptors (Lipinski definition) is 5. The van der Waals surface area contributed by atoms with Crippen LogP contribution >= 0.6 is 0 Å². The number of nitro groups is 1. The summed E-state index contributed by atoms with van der Waals surface area (Å²) in [5, 5.41) is 10.5. The number of aromatic nitrogens is 1. The summed E-state index contributed by atoms with van der Waals surface area (Å²) in [6.07, 6.45) is -3.29. The molecule has 0 bridgehead atoms. The van der Waals surface area contributed by atoms with Crippen LogP contribution in [0.25, 0.3) is 0 Å². The van der Waals surface area contributed by atoms with Crippen LogP contribution in [-0.4, -0.2) is 23.0 Å². The molecular formula is C8H6F2N2O5. The minimum absolute atomic E-state index is 0.383. The first-order valence-corrected chi connectivity index (χ1v) is 4.16. The Morgan fingerprint density at radius 2 is 2.18 bits per heavy atom. The molecule has 1 aromatic rings. The van der Waals surface area contributed by atoms with Crippen molar-refractivity contribution >= 4 is 11.7 Å². The van der Waals surface area contributed by atoms with Crippen molar-refractivity contribution < 1.29 is 23.2 Å². The molecular weight excluding hydrogens is 242 g/mol. The standard InChI is InChI=1S/C8H6F2N2O5/c1-17-8(14)6-5(7(9)10)3(12(15)16)2-4(13)11-6/h2,7H,1H3,(H,11,13). The highest BCUT2D eigenvalue weighted by molar-refractivity contribution is 5.90. The number of carbonyl (C=O) groups is 1. The topological polar surface area (TPSA) is 102 Å². The van der Waals surface area contributed by atoms with Crippen molar-refractivity contribution in [2.24, 2.45) is 0 Å². The van der Waals surface area contributed by atoms with E-state index in [0.717, 1.165) is 7.11 Å². The number of ether oxygens (including phenoxy) is 1. The van der Waals surface area contributed by atoms with Gasteiger partial charge in [-0.05, 0) is 0 Å². The van der Waals surface area contributed by atoms with Gasteiger partial charge in [0.15, 0.2) is 0 Å². The average molecular weight is 248 g/mol. The zero-order valence-corrected chi connectivity index (χ0v) is 8.40. The van der Waals surface area contributed by atoms with Gasteiger partial charge in [-0.1, -0.05) is 0 Å². The molecule has 0 spiro atoms. The normalized spacial score (nSPS) is 10.4. The molecule has 17 heavy (non-hydrogen) atoms. The zero-order valence-electron chi connectivity index (χ0n) is 8.40. The molecule has 0 fully saturated rings. The summed E-state index contributed by atoms with van der Waals surface area (Å²) >= 11 is 0. The van der Waals surface area contributed by atoms with Crippen LogP contribution in [0, 0.1) is 10.1 Å². The van der Waals surface area contributed by atoms with Crippen molar-refractivity contribution in [3.05, 3.63) is 37.8 Å². The number of alkyl halides is 2. The SMILES string of the molecule is COC(=O)c1[nH]c(=O)cc([N+](=O)[O-])c1C(F)F. The molecule has 0 atom stereocenters. The molecule has 0 unspecified atom stereocenters. The van der Waals surface area contributed by atoms with Gasteiger partial charge >= 0.3 is 5.97 Å². The number of halogens is 2. The van der Waals surface area contributed by atoms with Gasteiger partial charge in [0.1, 0.15) is 11.3 Å². The number of pyridine rings is 1. The largest absolute Gasteiger partial charge is 0.464 e. The molecule has 0 aliphatic rings. The Hall–Kier alpha value is -2.32. The third-order valence-corrected chi connectivity index (χ3v) is 1.87. The second-order valence-corrected chi connectivity index (χ2v) is 2.86. The number of aromatic amines is 1. The number of hydrogen-bond donors (Lipinski definition) is 1. The van der Waals surface area contributed by atoms with E-state index in [9.17, 15) is 28.5 Å². The van der Waals surface area contributed by atoms with Crippen LogP contribution in [0.5, 0.6) is 0 Å². The number of esters is 1. The van der Waals surface area contributed by atoms with Gasteiger partial charge in [0.05, 0.1) is 18.1 Å². The van der Waals surface area contributed by atoms with Crippen molar-refractivity contribution in [3.8, 4) is 0 Å². The Labute approximate surface area is 92.2 Å². The van der Waals surface area contributed by atoms with Gasteiger partial charge in [0.25, 0.3) is 17.7 Å². The third-order valence-electron chi connectivity index (χ3n) is 1.87. The van der Waals surface area contributed by atoms with Gasteiger partial charge in [-0.3, -0.25) is 14.9 Å². The van der Waals surface area contributed by atoms with Crippen molar-refractivity contribution in [1.29, 1.82) is 0 Å². The molecule has 0 aliphatic carbocycles. The van der Waals surface area contributed by atoms with Crippen LogP contribution in [0.15, 0.2) is 10.9 Å². The fourth-order valence-corrected chi connectivity index (χ4v) is 1.19. The Bertz CT molecular complexity index is 525. The third kappa shape index (κ3) is 2.44. The van der Waals surface area contributed by atoms with Crippen molar-refractivity contribution in [3.63, 3.8) is 0 Å². The molecule has 92 valence electrons. The van der Waals surface area contributed by atoms with Crippen molar-refractivity contribution in [2.45, 2.75) is 6.43 Å². The lowest BCUT2D eigenvalue weighted by molar-refractivity contribution is -0.386. The van der Waals surface area contributed by atoms with Crippen molar-refractivity contribution in [1.82, 2.24) is 4.98 Å². The molecule has 1 aromatic heterocycles. The zero-order chi connectivity index (χ0) is 13.2. The minimum Gasteiger partial charge on any atom is -0.464 e. The fraction of sp³-hybridized carbons (Fsp3) is 0.250. The van der Waals surface area contributed by atoms with Gasteiger partial charge in [0, 0.05) is 0 Å². The number of carbonyl (C=O) groups excluding carboxylic acids is 1. The average Bonchev–Trinajstić information content (AvgIpc) is 2.26. The van der Waals surface area contributed by atoms with Crippen LogP contribution < -0.4 is 5.56 Å². The predicted molar refractivity (Wildman–Crippen MR) is 50.0 cm³/mol. The smallest absolute Gasteiger partial charge is 0.355 e. The first-order valence-electron chi connectivity index (χ1n) is 4.16.